The van der Waals surface area contributed by atoms with E-state index in [-0.39, 0.29) is 0 Å². The lowest BCUT2D eigenvalue weighted by molar-refractivity contribution is 0.150. The lowest BCUT2D eigenvalue weighted by atomic mass is 9.98. The summed E-state index contributed by atoms with van der Waals surface area (Å²) in [5.74, 6) is 1.41. The van der Waals surface area contributed by atoms with E-state index in [0.29, 0.717) is 29.8 Å². The van der Waals surface area contributed by atoms with Gasteiger partial charge in [-0.05, 0) is 44.2 Å². The Kier molecular flexibility index (Phi) is 3.52. The second-order valence-corrected chi connectivity index (χ2v) is 6.98. The van der Waals surface area contributed by atoms with Gasteiger partial charge in [0.1, 0.15) is 0 Å². The third-order valence-electron chi connectivity index (χ3n) is 4.70. The zero-order valence-corrected chi connectivity index (χ0v) is 13.0. The van der Waals surface area contributed by atoms with Gasteiger partial charge in [0.25, 0.3) is 0 Å². The fourth-order valence-corrected chi connectivity index (χ4v) is 4.19. The topological polar surface area (TPSA) is 54.2 Å². The van der Waals surface area contributed by atoms with Gasteiger partial charge in [-0.2, -0.15) is 16.3 Å². The molecular weight excluding hydrogens is 284 g/mol. The van der Waals surface area contributed by atoms with Crippen LogP contribution in [0.5, 0.6) is 0 Å². The number of piperidine rings is 1. The van der Waals surface area contributed by atoms with Gasteiger partial charge in [0.2, 0.25) is 11.7 Å². The van der Waals surface area contributed by atoms with Crippen molar-refractivity contribution in [1.82, 2.24) is 20.4 Å². The number of nitrogens with zero attached hydrogens (tertiary/aromatic N) is 3. The van der Waals surface area contributed by atoms with Crippen LogP contribution in [-0.2, 0) is 6.54 Å². The number of fused-ring (bicyclic) bond motifs is 2. The molecule has 0 spiro atoms. The van der Waals surface area contributed by atoms with Gasteiger partial charge in [-0.25, -0.2) is 0 Å². The molecule has 2 atom stereocenters. The Hall–Kier alpha value is -1.24. The highest BCUT2D eigenvalue weighted by atomic mass is 32.1. The van der Waals surface area contributed by atoms with Crippen molar-refractivity contribution in [3.8, 4) is 11.4 Å². The van der Waals surface area contributed by atoms with E-state index >= 15 is 0 Å². The fraction of sp³-hybridized carbons (Fsp3) is 0.600. The van der Waals surface area contributed by atoms with Crippen molar-refractivity contribution < 1.29 is 4.52 Å². The summed E-state index contributed by atoms with van der Waals surface area (Å²) < 4.78 is 5.41. The van der Waals surface area contributed by atoms with Crippen LogP contribution in [0.15, 0.2) is 21.3 Å². The molecule has 2 fully saturated rings. The van der Waals surface area contributed by atoms with Crippen LogP contribution in [0, 0.1) is 0 Å². The van der Waals surface area contributed by atoms with Crippen molar-refractivity contribution in [3.63, 3.8) is 0 Å². The molecule has 2 aromatic heterocycles. The molecule has 2 aliphatic rings. The number of thiophene rings is 1. The van der Waals surface area contributed by atoms with Crippen molar-refractivity contribution in [3.05, 3.63) is 22.7 Å². The van der Waals surface area contributed by atoms with Crippen molar-refractivity contribution in [2.24, 2.45) is 0 Å². The first kappa shape index (κ1) is 13.4. The predicted octanol–water partition coefficient (Wildman–Crippen LogP) is 2.51. The third-order valence-corrected chi connectivity index (χ3v) is 5.39. The summed E-state index contributed by atoms with van der Waals surface area (Å²) in [5.41, 5.74) is 1.04. The van der Waals surface area contributed by atoms with E-state index in [1.54, 1.807) is 11.3 Å². The molecule has 21 heavy (non-hydrogen) atoms. The number of rotatable bonds is 4. The molecule has 2 saturated heterocycles. The molecule has 112 valence electrons. The lowest BCUT2D eigenvalue weighted by Gasteiger charge is -2.34. The summed E-state index contributed by atoms with van der Waals surface area (Å²) in [6.07, 6.45) is 5.13. The van der Waals surface area contributed by atoms with E-state index < -0.39 is 0 Å². The quantitative estimate of drug-likeness (QED) is 0.940. The van der Waals surface area contributed by atoms with Crippen molar-refractivity contribution in [2.45, 2.75) is 50.4 Å². The summed E-state index contributed by atoms with van der Waals surface area (Å²) in [5, 5.41) is 11.8. The Balaban J connectivity index is 1.41. The molecule has 5 nitrogen and oxygen atoms in total. The highest BCUT2D eigenvalue weighted by Crippen LogP contribution is 2.29. The minimum absolute atomic E-state index is 0.625. The molecule has 6 heteroatoms. The van der Waals surface area contributed by atoms with Crippen LogP contribution < -0.4 is 5.32 Å². The maximum atomic E-state index is 5.41. The van der Waals surface area contributed by atoms with Gasteiger partial charge in [0, 0.05) is 29.1 Å². The molecule has 0 amide bonds. The summed E-state index contributed by atoms with van der Waals surface area (Å²) in [6.45, 7) is 0.737. The van der Waals surface area contributed by atoms with E-state index in [1.807, 2.05) is 16.8 Å². The number of nitrogens with one attached hydrogen (secondary N) is 1. The van der Waals surface area contributed by atoms with Crippen LogP contribution in [0.3, 0.4) is 0 Å². The second-order valence-electron chi connectivity index (χ2n) is 6.20. The second kappa shape index (κ2) is 5.51. The maximum Gasteiger partial charge on any atom is 0.241 e. The van der Waals surface area contributed by atoms with Gasteiger partial charge in [0.15, 0.2) is 0 Å². The predicted molar refractivity (Wildman–Crippen MR) is 82.0 cm³/mol. The van der Waals surface area contributed by atoms with Gasteiger partial charge < -0.3 is 9.84 Å². The number of hydrogen-bond donors (Lipinski definition) is 1. The molecule has 1 N–H and O–H groups in total. The average molecular weight is 304 g/mol. The first-order valence-electron chi connectivity index (χ1n) is 7.59. The first-order valence-corrected chi connectivity index (χ1v) is 8.53. The van der Waals surface area contributed by atoms with Crippen molar-refractivity contribution >= 4 is 11.3 Å². The van der Waals surface area contributed by atoms with Gasteiger partial charge >= 0.3 is 0 Å². The molecule has 0 aromatic carbocycles. The highest BCUT2D eigenvalue weighted by Gasteiger charge is 2.35. The monoisotopic (exact) mass is 304 g/mol. The Labute approximate surface area is 128 Å². The zero-order valence-electron chi connectivity index (χ0n) is 12.2. The first-order chi connectivity index (χ1) is 10.3. The minimum atomic E-state index is 0.625. The molecule has 0 radical (unpaired) electrons. The summed E-state index contributed by atoms with van der Waals surface area (Å²) >= 11 is 1.65. The molecule has 4 heterocycles. The van der Waals surface area contributed by atoms with Gasteiger partial charge in [-0.15, -0.1) is 0 Å². The van der Waals surface area contributed by atoms with Crippen LogP contribution in [-0.4, -0.2) is 40.2 Å². The van der Waals surface area contributed by atoms with Crippen molar-refractivity contribution in [2.75, 3.05) is 7.05 Å². The average Bonchev–Trinajstić information content (AvgIpc) is 3.20. The zero-order chi connectivity index (χ0) is 14.2. The van der Waals surface area contributed by atoms with Gasteiger partial charge in [-0.1, -0.05) is 5.16 Å². The van der Waals surface area contributed by atoms with Crippen LogP contribution in [0.25, 0.3) is 11.4 Å². The minimum Gasteiger partial charge on any atom is -0.338 e. The van der Waals surface area contributed by atoms with E-state index in [2.05, 4.69) is 27.4 Å². The SMILES string of the molecule is CN(Cc1nc(-c2ccsc2)no1)C1CC2CCC(C1)N2. The largest absolute Gasteiger partial charge is 0.338 e. The number of aromatic nitrogens is 2. The standard InChI is InChI=1S/C15H20N4OS/c1-19(13-6-11-2-3-12(7-13)16-11)8-14-17-15(18-20-14)10-4-5-21-9-10/h4-5,9,11-13,16H,2-3,6-8H2,1H3. The highest BCUT2D eigenvalue weighted by molar-refractivity contribution is 7.08. The smallest absolute Gasteiger partial charge is 0.241 e. The number of hydrogen-bond acceptors (Lipinski definition) is 6. The van der Waals surface area contributed by atoms with E-state index in [0.717, 1.165) is 12.1 Å². The van der Waals surface area contributed by atoms with E-state index in [1.165, 1.54) is 25.7 Å². The Morgan fingerprint density at radius 2 is 2.19 bits per heavy atom. The Bertz CT molecular complexity index is 585. The van der Waals surface area contributed by atoms with Gasteiger partial charge in [-0.3, -0.25) is 4.90 Å². The molecule has 2 bridgehead atoms. The lowest BCUT2D eigenvalue weighted by Crippen LogP contribution is -2.46. The molecule has 4 rings (SSSR count). The van der Waals surface area contributed by atoms with Crippen LogP contribution in [0.2, 0.25) is 0 Å². The normalized spacial score (nSPS) is 28.4. The van der Waals surface area contributed by atoms with Gasteiger partial charge in [0.05, 0.1) is 6.54 Å². The van der Waals surface area contributed by atoms with Crippen LogP contribution in [0.4, 0.5) is 0 Å². The van der Waals surface area contributed by atoms with E-state index in [4.69, 9.17) is 4.52 Å². The molecule has 2 aliphatic heterocycles. The molecule has 2 aromatic rings. The molecule has 2 unspecified atom stereocenters. The van der Waals surface area contributed by atoms with Crippen LogP contribution >= 0.6 is 11.3 Å². The summed E-state index contributed by atoms with van der Waals surface area (Å²) in [6, 6.07) is 4.06. The Morgan fingerprint density at radius 3 is 2.90 bits per heavy atom. The third kappa shape index (κ3) is 2.75. The summed E-state index contributed by atoms with van der Waals surface area (Å²) in [7, 11) is 2.17. The maximum absolute atomic E-state index is 5.41. The van der Waals surface area contributed by atoms with Crippen molar-refractivity contribution in [1.29, 1.82) is 0 Å². The fourth-order valence-electron chi connectivity index (χ4n) is 3.56. The molecule has 0 aliphatic carbocycles. The molecular formula is C15H20N4OS. The molecule has 0 saturated carbocycles. The van der Waals surface area contributed by atoms with E-state index in [9.17, 15) is 0 Å². The Morgan fingerprint density at radius 1 is 1.38 bits per heavy atom. The summed E-state index contributed by atoms with van der Waals surface area (Å²) in [4.78, 5) is 6.88. The van der Waals surface area contributed by atoms with Crippen LogP contribution in [0.1, 0.15) is 31.6 Å².